The molecular formula is C23H29N3O3. The Hall–Kier alpha value is -2.44. The summed E-state index contributed by atoms with van der Waals surface area (Å²) in [4.78, 5) is 19.5. The van der Waals surface area contributed by atoms with E-state index in [4.69, 9.17) is 9.47 Å². The van der Waals surface area contributed by atoms with Crippen LogP contribution in [0.4, 0.5) is 11.4 Å². The van der Waals surface area contributed by atoms with Gasteiger partial charge in [0.1, 0.15) is 5.69 Å². The van der Waals surface area contributed by atoms with Crippen LogP contribution >= 0.6 is 0 Å². The maximum absolute atomic E-state index is 12.8. The molecule has 3 heterocycles. The third kappa shape index (κ3) is 4.14. The molecule has 0 radical (unpaired) electrons. The first-order chi connectivity index (χ1) is 14.1. The lowest BCUT2D eigenvalue weighted by molar-refractivity contribution is -0.169. The van der Waals surface area contributed by atoms with Crippen LogP contribution in [0.3, 0.4) is 0 Å². The molecule has 4 rings (SSSR count). The van der Waals surface area contributed by atoms with Crippen molar-refractivity contribution < 1.29 is 14.3 Å². The predicted molar refractivity (Wildman–Crippen MR) is 113 cm³/mol. The van der Waals surface area contributed by atoms with E-state index in [0.29, 0.717) is 18.9 Å². The van der Waals surface area contributed by atoms with Gasteiger partial charge in [-0.3, -0.25) is 4.79 Å². The number of hydrogen-bond acceptors (Lipinski definition) is 5. The van der Waals surface area contributed by atoms with Crippen molar-refractivity contribution in [3.05, 3.63) is 53.3 Å². The van der Waals surface area contributed by atoms with Gasteiger partial charge in [0.25, 0.3) is 5.91 Å². The van der Waals surface area contributed by atoms with E-state index in [-0.39, 0.29) is 11.7 Å². The summed E-state index contributed by atoms with van der Waals surface area (Å²) in [5.74, 6) is -0.551. The summed E-state index contributed by atoms with van der Waals surface area (Å²) in [7, 11) is 0. The van der Waals surface area contributed by atoms with Crippen LogP contribution in [0.2, 0.25) is 0 Å². The van der Waals surface area contributed by atoms with Crippen LogP contribution in [0.25, 0.3) is 0 Å². The summed E-state index contributed by atoms with van der Waals surface area (Å²) in [6, 6.07) is 9.95. The largest absolute Gasteiger partial charge is 0.370 e. The average Bonchev–Trinajstić information content (AvgIpc) is 3.22. The lowest BCUT2D eigenvalue weighted by atomic mass is 10.0. The van der Waals surface area contributed by atoms with Crippen LogP contribution in [-0.2, 0) is 22.3 Å². The molecule has 0 bridgehead atoms. The first-order valence-electron chi connectivity index (χ1n) is 10.5. The van der Waals surface area contributed by atoms with E-state index in [9.17, 15) is 4.79 Å². The van der Waals surface area contributed by atoms with Crippen molar-refractivity contribution in [2.45, 2.75) is 45.3 Å². The van der Waals surface area contributed by atoms with E-state index in [1.807, 2.05) is 12.1 Å². The second-order valence-corrected chi connectivity index (χ2v) is 7.61. The number of rotatable bonds is 5. The van der Waals surface area contributed by atoms with Crippen LogP contribution in [0, 0.1) is 0 Å². The average molecular weight is 396 g/mol. The maximum atomic E-state index is 12.8. The van der Waals surface area contributed by atoms with Gasteiger partial charge in [-0.15, -0.1) is 0 Å². The summed E-state index contributed by atoms with van der Waals surface area (Å²) < 4.78 is 11.6. The molecule has 2 aliphatic rings. The minimum absolute atomic E-state index is 0.169. The Balaban J connectivity index is 1.43. The number of aromatic nitrogens is 1. The number of nitrogens with one attached hydrogen (secondary N) is 1. The molecule has 0 unspecified atom stereocenters. The number of carbonyl (C=O) groups excluding carboxylic acids is 1. The van der Waals surface area contributed by atoms with Gasteiger partial charge in [-0.05, 0) is 36.1 Å². The Bertz CT molecular complexity index is 828. The summed E-state index contributed by atoms with van der Waals surface area (Å²) in [6.07, 6.45) is 5.24. The molecule has 1 amide bonds. The molecule has 1 aromatic carbocycles. The number of benzene rings is 1. The molecule has 1 aromatic heterocycles. The zero-order valence-corrected chi connectivity index (χ0v) is 17.2. The molecular weight excluding hydrogens is 366 g/mol. The van der Waals surface area contributed by atoms with E-state index >= 15 is 0 Å². The lowest BCUT2D eigenvalue weighted by Gasteiger charge is -2.38. The van der Waals surface area contributed by atoms with E-state index in [2.05, 4.69) is 41.2 Å². The number of aryl methyl sites for hydroxylation is 2. The highest BCUT2D eigenvalue weighted by molar-refractivity contribution is 6.03. The van der Waals surface area contributed by atoms with Gasteiger partial charge in [0, 0.05) is 31.6 Å². The summed E-state index contributed by atoms with van der Waals surface area (Å²) >= 11 is 0. The van der Waals surface area contributed by atoms with Gasteiger partial charge in [0.15, 0.2) is 5.79 Å². The molecule has 0 atom stereocenters. The van der Waals surface area contributed by atoms with Crippen LogP contribution in [-0.4, -0.2) is 43.0 Å². The number of ether oxygens (including phenoxy) is 2. The minimum Gasteiger partial charge on any atom is -0.370 e. The molecule has 6 nitrogen and oxygen atoms in total. The summed E-state index contributed by atoms with van der Waals surface area (Å²) in [6.45, 7) is 7.29. The molecule has 0 aliphatic carbocycles. The lowest BCUT2D eigenvalue weighted by Crippen LogP contribution is -2.45. The fourth-order valence-corrected chi connectivity index (χ4v) is 4.18. The molecule has 6 heteroatoms. The highest BCUT2D eigenvalue weighted by atomic mass is 16.7. The van der Waals surface area contributed by atoms with Crippen LogP contribution in [0.1, 0.15) is 48.3 Å². The Morgan fingerprint density at radius 3 is 2.28 bits per heavy atom. The fraction of sp³-hybridized carbons (Fsp3) is 0.478. The molecule has 29 heavy (non-hydrogen) atoms. The Morgan fingerprint density at radius 2 is 1.72 bits per heavy atom. The normalized spacial score (nSPS) is 18.2. The molecule has 154 valence electrons. The number of hydrogen-bond donors (Lipinski definition) is 1. The number of nitrogens with zero attached hydrogens (tertiary/aromatic N) is 2. The van der Waals surface area contributed by atoms with Crippen molar-refractivity contribution in [3.8, 4) is 0 Å². The second-order valence-electron chi connectivity index (χ2n) is 7.61. The fourth-order valence-electron chi connectivity index (χ4n) is 4.18. The van der Waals surface area contributed by atoms with E-state index in [0.717, 1.165) is 61.3 Å². The van der Waals surface area contributed by atoms with E-state index in [1.54, 1.807) is 12.3 Å². The smallest absolute Gasteiger partial charge is 0.274 e. The summed E-state index contributed by atoms with van der Waals surface area (Å²) in [5, 5.41) is 3.08. The number of carbonyl (C=O) groups is 1. The number of piperidine rings is 1. The van der Waals surface area contributed by atoms with Crippen molar-refractivity contribution in [2.75, 3.05) is 36.5 Å². The van der Waals surface area contributed by atoms with Gasteiger partial charge >= 0.3 is 0 Å². The standard InChI is InChI=1S/C23H29N3O3/c1-3-17-6-5-7-18(4-2)21(17)25-22(27)20-9-8-19(16-24-20)26-12-10-23(11-13-26)28-14-15-29-23/h5-9,16H,3-4,10-15H2,1-2H3,(H,25,27). The molecule has 2 saturated heterocycles. The third-order valence-electron chi connectivity index (χ3n) is 5.92. The minimum atomic E-state index is -0.382. The highest BCUT2D eigenvalue weighted by Gasteiger charge is 2.39. The van der Waals surface area contributed by atoms with Crippen LogP contribution in [0.15, 0.2) is 36.5 Å². The number of amides is 1. The van der Waals surface area contributed by atoms with Gasteiger partial charge < -0.3 is 19.7 Å². The zero-order valence-electron chi connectivity index (χ0n) is 17.2. The van der Waals surface area contributed by atoms with Crippen molar-refractivity contribution in [2.24, 2.45) is 0 Å². The molecule has 2 aliphatic heterocycles. The van der Waals surface area contributed by atoms with Gasteiger partial charge in [-0.2, -0.15) is 0 Å². The maximum Gasteiger partial charge on any atom is 0.274 e. The van der Waals surface area contributed by atoms with Crippen LogP contribution < -0.4 is 10.2 Å². The van der Waals surface area contributed by atoms with Gasteiger partial charge in [-0.1, -0.05) is 32.0 Å². The van der Waals surface area contributed by atoms with Gasteiger partial charge in [-0.25, -0.2) is 4.98 Å². The predicted octanol–water partition coefficient (Wildman–Crippen LogP) is 3.80. The Morgan fingerprint density at radius 1 is 1.07 bits per heavy atom. The Labute approximate surface area is 172 Å². The van der Waals surface area contributed by atoms with Crippen molar-refractivity contribution in [1.29, 1.82) is 0 Å². The summed E-state index contributed by atoms with van der Waals surface area (Å²) in [5.41, 5.74) is 4.67. The zero-order chi connectivity index (χ0) is 20.3. The number of anilines is 2. The second kappa shape index (κ2) is 8.51. The first-order valence-corrected chi connectivity index (χ1v) is 10.5. The van der Waals surface area contributed by atoms with Crippen molar-refractivity contribution in [3.63, 3.8) is 0 Å². The molecule has 0 saturated carbocycles. The highest BCUT2D eigenvalue weighted by Crippen LogP contribution is 2.33. The molecule has 1 spiro atoms. The van der Waals surface area contributed by atoms with Gasteiger partial charge in [0.2, 0.25) is 0 Å². The van der Waals surface area contributed by atoms with Crippen LogP contribution in [0.5, 0.6) is 0 Å². The van der Waals surface area contributed by atoms with Gasteiger partial charge in [0.05, 0.1) is 25.1 Å². The number of para-hydroxylation sites is 1. The van der Waals surface area contributed by atoms with Crippen molar-refractivity contribution in [1.82, 2.24) is 4.98 Å². The van der Waals surface area contributed by atoms with E-state index < -0.39 is 0 Å². The molecule has 2 fully saturated rings. The molecule has 1 N–H and O–H groups in total. The van der Waals surface area contributed by atoms with E-state index in [1.165, 1.54) is 0 Å². The SMILES string of the molecule is CCc1cccc(CC)c1NC(=O)c1ccc(N2CCC3(CC2)OCCO3)cn1. The number of pyridine rings is 1. The quantitative estimate of drug-likeness (QED) is 0.834. The van der Waals surface area contributed by atoms with Crippen molar-refractivity contribution >= 4 is 17.3 Å². The first kappa shape index (κ1) is 19.9. The molecule has 2 aromatic rings. The Kier molecular flexibility index (Phi) is 5.83. The third-order valence-corrected chi connectivity index (χ3v) is 5.92. The topological polar surface area (TPSA) is 63.7 Å². The monoisotopic (exact) mass is 395 g/mol.